The predicted octanol–water partition coefficient (Wildman–Crippen LogP) is 2.21. The Hall–Kier alpha value is -3.00. The highest BCUT2D eigenvalue weighted by Gasteiger charge is 2.12. The third-order valence-electron chi connectivity index (χ3n) is 3.73. The number of H-pyrrole nitrogens is 1. The number of nitrogens with zero attached hydrogens (tertiary/aromatic N) is 2. The highest BCUT2D eigenvalue weighted by molar-refractivity contribution is 7.91. The van der Waals surface area contributed by atoms with Gasteiger partial charge in [-0.05, 0) is 29.3 Å². The van der Waals surface area contributed by atoms with Gasteiger partial charge in [-0.3, -0.25) is 14.9 Å². The van der Waals surface area contributed by atoms with E-state index in [1.807, 2.05) is 36.4 Å². The summed E-state index contributed by atoms with van der Waals surface area (Å²) in [5.74, 6) is -0.145. The number of Topliss-reactive ketones (excluding diaryl/α,β-unsaturated/α-hetero) is 1. The second kappa shape index (κ2) is 8.13. The number of sulfone groups is 1. The highest BCUT2D eigenvalue weighted by Crippen LogP contribution is 2.18. The molecule has 1 aromatic carbocycles. The average Bonchev–Trinajstić information content (AvgIpc) is 3.14. The van der Waals surface area contributed by atoms with Gasteiger partial charge >= 0.3 is 0 Å². The van der Waals surface area contributed by atoms with E-state index in [0.717, 1.165) is 28.8 Å². The molecule has 0 aliphatic heterocycles. The molecule has 0 bridgehead atoms. The zero-order chi connectivity index (χ0) is 19.3. The number of ether oxygens (including phenoxy) is 1. The van der Waals surface area contributed by atoms with E-state index in [4.69, 9.17) is 4.74 Å². The molecule has 0 saturated carbocycles. The lowest BCUT2D eigenvalue weighted by Crippen LogP contribution is -2.16. The lowest BCUT2D eigenvalue weighted by atomic mass is 10.1. The van der Waals surface area contributed by atoms with E-state index in [-0.39, 0.29) is 12.2 Å². The lowest BCUT2D eigenvalue weighted by Gasteiger charge is -2.08. The summed E-state index contributed by atoms with van der Waals surface area (Å²) in [4.78, 5) is 16.1. The van der Waals surface area contributed by atoms with Crippen molar-refractivity contribution in [3.63, 3.8) is 0 Å². The summed E-state index contributed by atoms with van der Waals surface area (Å²) < 4.78 is 28.1. The number of hydrogen-bond donors (Lipinski definition) is 1. The normalized spacial score (nSPS) is 11.3. The molecule has 3 aromatic rings. The second-order valence-electron chi connectivity index (χ2n) is 6.24. The maximum Gasteiger partial charge on any atom is 0.154 e. The Bertz CT molecular complexity index is 1010. The molecule has 0 radical (unpaired) electrons. The number of aromatic nitrogens is 3. The van der Waals surface area contributed by atoms with Crippen LogP contribution in [0.5, 0.6) is 5.75 Å². The topological polar surface area (TPSA) is 102 Å². The molecule has 0 unspecified atom stereocenters. The molecule has 140 valence electrons. The Balaban J connectivity index is 1.59. The molecular weight excluding hydrogens is 366 g/mol. The molecule has 2 aromatic heterocycles. The lowest BCUT2D eigenvalue weighted by molar-refractivity contribution is -0.116. The third-order valence-corrected chi connectivity index (χ3v) is 4.58. The molecule has 0 spiro atoms. The molecule has 7 nitrogen and oxygen atoms in total. The maximum absolute atomic E-state index is 11.8. The van der Waals surface area contributed by atoms with Crippen LogP contribution in [0.1, 0.15) is 11.1 Å². The number of nitrogens with one attached hydrogen (secondary N) is 1. The van der Waals surface area contributed by atoms with Crippen LogP contribution in [0, 0.1) is 0 Å². The van der Waals surface area contributed by atoms with Crippen molar-refractivity contribution in [2.24, 2.45) is 0 Å². The van der Waals surface area contributed by atoms with Crippen LogP contribution in [0.15, 0.2) is 54.9 Å². The summed E-state index contributed by atoms with van der Waals surface area (Å²) in [6.07, 6.45) is 4.44. The molecule has 3 rings (SSSR count). The van der Waals surface area contributed by atoms with Gasteiger partial charge in [0.25, 0.3) is 0 Å². The Kier molecular flexibility index (Phi) is 5.66. The van der Waals surface area contributed by atoms with Crippen LogP contribution < -0.4 is 4.74 Å². The monoisotopic (exact) mass is 385 g/mol. The van der Waals surface area contributed by atoms with Crippen LogP contribution in [-0.4, -0.2) is 41.4 Å². The van der Waals surface area contributed by atoms with Gasteiger partial charge in [0.15, 0.2) is 15.6 Å². The first-order valence-corrected chi connectivity index (χ1v) is 10.3. The zero-order valence-electron chi connectivity index (χ0n) is 14.8. The molecule has 1 N–H and O–H groups in total. The van der Waals surface area contributed by atoms with Gasteiger partial charge in [-0.1, -0.05) is 24.3 Å². The number of hydrogen-bond acceptors (Lipinski definition) is 6. The molecule has 27 heavy (non-hydrogen) atoms. The maximum atomic E-state index is 11.8. The first-order valence-electron chi connectivity index (χ1n) is 8.25. The van der Waals surface area contributed by atoms with Crippen molar-refractivity contribution in [3.8, 4) is 17.1 Å². The van der Waals surface area contributed by atoms with Crippen LogP contribution in [-0.2, 0) is 27.7 Å². The van der Waals surface area contributed by atoms with Gasteiger partial charge < -0.3 is 4.74 Å². The van der Waals surface area contributed by atoms with E-state index in [1.165, 1.54) is 0 Å². The number of aromatic amines is 1. The van der Waals surface area contributed by atoms with Crippen molar-refractivity contribution < 1.29 is 17.9 Å². The first-order chi connectivity index (χ1) is 12.9. The Morgan fingerprint density at radius 2 is 1.96 bits per heavy atom. The first kappa shape index (κ1) is 18.8. The van der Waals surface area contributed by atoms with Crippen molar-refractivity contribution in [1.29, 1.82) is 0 Å². The number of benzene rings is 1. The highest BCUT2D eigenvalue weighted by atomic mass is 32.2. The van der Waals surface area contributed by atoms with Crippen molar-refractivity contribution in [2.75, 3.05) is 12.0 Å². The Labute approximate surface area is 157 Å². The minimum absolute atomic E-state index is 0.0847. The molecule has 0 aliphatic carbocycles. The third kappa shape index (κ3) is 5.75. The molecule has 0 saturated heterocycles. The minimum Gasteiger partial charge on any atom is -0.487 e. The quantitative estimate of drug-likeness (QED) is 0.638. The number of ketones is 1. The predicted molar refractivity (Wildman–Crippen MR) is 101 cm³/mol. The zero-order valence-corrected chi connectivity index (χ0v) is 15.6. The smallest absolute Gasteiger partial charge is 0.154 e. The largest absolute Gasteiger partial charge is 0.487 e. The summed E-state index contributed by atoms with van der Waals surface area (Å²) in [5.41, 5.74) is 3.24. The van der Waals surface area contributed by atoms with E-state index in [0.29, 0.717) is 12.4 Å². The molecule has 8 heteroatoms. The van der Waals surface area contributed by atoms with Gasteiger partial charge in [-0.2, -0.15) is 5.10 Å². The molecule has 0 aliphatic rings. The van der Waals surface area contributed by atoms with Gasteiger partial charge in [-0.15, -0.1) is 0 Å². The van der Waals surface area contributed by atoms with Crippen molar-refractivity contribution >= 4 is 15.6 Å². The fourth-order valence-electron chi connectivity index (χ4n) is 2.59. The summed E-state index contributed by atoms with van der Waals surface area (Å²) in [7, 11) is -3.31. The van der Waals surface area contributed by atoms with Crippen LogP contribution in [0.3, 0.4) is 0 Å². The van der Waals surface area contributed by atoms with Crippen LogP contribution in [0.25, 0.3) is 11.4 Å². The molecule has 0 atom stereocenters. The van der Waals surface area contributed by atoms with E-state index in [2.05, 4.69) is 15.2 Å². The Morgan fingerprint density at radius 3 is 2.63 bits per heavy atom. The number of pyridine rings is 1. The summed E-state index contributed by atoms with van der Waals surface area (Å²) >= 11 is 0. The van der Waals surface area contributed by atoms with Crippen LogP contribution in [0.4, 0.5) is 0 Å². The van der Waals surface area contributed by atoms with Crippen molar-refractivity contribution in [2.45, 2.75) is 13.0 Å². The minimum atomic E-state index is -3.31. The Morgan fingerprint density at radius 1 is 1.15 bits per heavy atom. The SMILES string of the molecule is CS(=O)(=O)CC(=O)Cc1cccc(COc2ccc(-c3ccn[nH]3)nc2)c1. The summed E-state index contributed by atoms with van der Waals surface area (Å²) in [6.45, 7) is 0.319. The summed E-state index contributed by atoms with van der Waals surface area (Å²) in [5, 5.41) is 6.74. The average molecular weight is 385 g/mol. The van der Waals surface area contributed by atoms with Crippen LogP contribution in [0.2, 0.25) is 0 Å². The van der Waals surface area contributed by atoms with E-state index in [9.17, 15) is 13.2 Å². The van der Waals surface area contributed by atoms with Crippen molar-refractivity contribution in [3.05, 3.63) is 66.0 Å². The van der Waals surface area contributed by atoms with Gasteiger partial charge in [0.05, 0.1) is 17.6 Å². The molecule has 0 fully saturated rings. The van der Waals surface area contributed by atoms with E-state index < -0.39 is 15.6 Å². The van der Waals surface area contributed by atoms with Crippen LogP contribution >= 0.6 is 0 Å². The molecule has 2 heterocycles. The van der Waals surface area contributed by atoms with Crippen molar-refractivity contribution in [1.82, 2.24) is 15.2 Å². The standard InChI is InChI=1S/C19H19N3O4S/c1-27(24,25)13-16(23)10-14-3-2-4-15(9-14)12-26-17-5-6-18(20-11-17)19-7-8-21-22-19/h2-9,11H,10,12-13H2,1H3,(H,21,22). The molecule has 0 amide bonds. The van der Waals surface area contributed by atoms with Gasteiger partial charge in [-0.25, -0.2) is 8.42 Å². The van der Waals surface area contributed by atoms with Gasteiger partial charge in [0, 0.05) is 18.9 Å². The number of carbonyl (C=O) groups excluding carboxylic acids is 1. The number of carbonyl (C=O) groups is 1. The second-order valence-corrected chi connectivity index (χ2v) is 8.38. The van der Waals surface area contributed by atoms with Gasteiger partial charge in [0.2, 0.25) is 0 Å². The fourth-order valence-corrected chi connectivity index (χ4v) is 3.28. The molecular formula is C19H19N3O4S. The van der Waals surface area contributed by atoms with E-state index >= 15 is 0 Å². The summed E-state index contributed by atoms with van der Waals surface area (Å²) in [6, 6.07) is 12.8. The van der Waals surface area contributed by atoms with Gasteiger partial charge in [0.1, 0.15) is 18.1 Å². The van der Waals surface area contributed by atoms with E-state index in [1.54, 1.807) is 18.5 Å². The fraction of sp³-hybridized carbons (Fsp3) is 0.211. The number of rotatable bonds is 8.